The zero-order chi connectivity index (χ0) is 18.6. The molecule has 1 unspecified atom stereocenters. The predicted octanol–water partition coefficient (Wildman–Crippen LogP) is 5.02. The first-order chi connectivity index (χ1) is 13.2. The number of hydrogen-bond donors (Lipinski definition) is 0. The molecule has 0 fully saturated rings. The largest absolute Gasteiger partial charge is 0.445 e. The maximum atomic E-state index is 12.9. The van der Waals surface area contributed by atoms with Crippen LogP contribution in [0.1, 0.15) is 28.3 Å². The molecule has 0 aliphatic carbocycles. The standard InChI is InChI=1S/C22H19ClN2O2/c23-20-11-10-18(14-24-20)21-19-9-5-4-8-17(19)12-13-25(21)22(26)27-15-16-6-2-1-3-7-16/h1-11,14,21H,12-13,15H2. The number of ether oxygens (including phenoxy) is 1. The Hall–Kier alpha value is -2.85. The normalized spacial score (nSPS) is 15.9. The summed E-state index contributed by atoms with van der Waals surface area (Å²) in [6.45, 7) is 0.849. The van der Waals surface area contributed by atoms with E-state index in [2.05, 4.69) is 17.1 Å². The van der Waals surface area contributed by atoms with E-state index in [4.69, 9.17) is 16.3 Å². The molecule has 2 aromatic carbocycles. The molecule has 2 heterocycles. The Labute approximate surface area is 163 Å². The Balaban J connectivity index is 1.62. The maximum Gasteiger partial charge on any atom is 0.410 e. The van der Waals surface area contributed by atoms with Crippen LogP contribution < -0.4 is 0 Å². The van der Waals surface area contributed by atoms with Gasteiger partial charge in [-0.1, -0.05) is 72.3 Å². The number of rotatable bonds is 3. The smallest absolute Gasteiger partial charge is 0.410 e. The topological polar surface area (TPSA) is 42.4 Å². The van der Waals surface area contributed by atoms with E-state index >= 15 is 0 Å². The number of halogens is 1. The van der Waals surface area contributed by atoms with E-state index in [1.54, 1.807) is 17.2 Å². The molecule has 1 amide bonds. The highest BCUT2D eigenvalue weighted by molar-refractivity contribution is 6.29. The molecule has 3 aromatic rings. The third kappa shape index (κ3) is 3.81. The highest BCUT2D eigenvalue weighted by atomic mass is 35.5. The Morgan fingerprint density at radius 1 is 1.07 bits per heavy atom. The fourth-order valence-corrected chi connectivity index (χ4v) is 3.59. The van der Waals surface area contributed by atoms with E-state index in [1.165, 1.54) is 5.56 Å². The van der Waals surface area contributed by atoms with Gasteiger partial charge in [0.15, 0.2) is 0 Å². The number of benzene rings is 2. The zero-order valence-electron chi connectivity index (χ0n) is 14.7. The molecule has 0 N–H and O–H groups in total. The predicted molar refractivity (Wildman–Crippen MR) is 105 cm³/mol. The van der Waals surface area contributed by atoms with Crippen LogP contribution in [0.3, 0.4) is 0 Å². The van der Waals surface area contributed by atoms with E-state index in [0.717, 1.165) is 23.1 Å². The van der Waals surface area contributed by atoms with Crippen molar-refractivity contribution in [2.45, 2.75) is 19.1 Å². The van der Waals surface area contributed by atoms with Gasteiger partial charge < -0.3 is 4.74 Å². The molecule has 1 aliphatic heterocycles. The van der Waals surface area contributed by atoms with Crippen molar-refractivity contribution in [3.8, 4) is 0 Å². The van der Waals surface area contributed by atoms with Gasteiger partial charge in [0, 0.05) is 12.7 Å². The number of hydrogen-bond acceptors (Lipinski definition) is 3. The summed E-state index contributed by atoms with van der Waals surface area (Å²) in [7, 11) is 0. The molecule has 4 rings (SSSR count). The van der Waals surface area contributed by atoms with E-state index in [-0.39, 0.29) is 18.7 Å². The Morgan fingerprint density at radius 2 is 1.85 bits per heavy atom. The number of amides is 1. The van der Waals surface area contributed by atoms with Crippen LogP contribution >= 0.6 is 11.6 Å². The number of fused-ring (bicyclic) bond motifs is 1. The molecule has 0 saturated heterocycles. The molecule has 1 aliphatic rings. The van der Waals surface area contributed by atoms with E-state index < -0.39 is 0 Å². The summed E-state index contributed by atoms with van der Waals surface area (Å²) >= 11 is 5.95. The first-order valence-electron chi connectivity index (χ1n) is 8.89. The number of carbonyl (C=O) groups excluding carboxylic acids is 1. The van der Waals surface area contributed by atoms with Crippen LogP contribution in [0.5, 0.6) is 0 Å². The monoisotopic (exact) mass is 378 g/mol. The van der Waals surface area contributed by atoms with Crippen LogP contribution in [0.2, 0.25) is 5.15 Å². The molecule has 4 nitrogen and oxygen atoms in total. The molecule has 1 aromatic heterocycles. The van der Waals surface area contributed by atoms with Crippen molar-refractivity contribution >= 4 is 17.7 Å². The molecular formula is C22H19ClN2O2. The summed E-state index contributed by atoms with van der Waals surface area (Å²) in [6.07, 6.45) is 2.20. The summed E-state index contributed by atoms with van der Waals surface area (Å²) in [4.78, 5) is 18.9. The number of carbonyl (C=O) groups is 1. The summed E-state index contributed by atoms with van der Waals surface area (Å²) < 4.78 is 5.60. The van der Waals surface area contributed by atoms with Crippen LogP contribution in [-0.4, -0.2) is 22.5 Å². The van der Waals surface area contributed by atoms with Crippen LogP contribution in [0.4, 0.5) is 4.79 Å². The lowest BCUT2D eigenvalue weighted by Crippen LogP contribution is -2.40. The van der Waals surface area contributed by atoms with Crippen molar-refractivity contribution in [1.82, 2.24) is 9.88 Å². The lowest BCUT2D eigenvalue weighted by Gasteiger charge is -2.36. The molecule has 0 spiro atoms. The minimum Gasteiger partial charge on any atom is -0.445 e. The van der Waals surface area contributed by atoms with Gasteiger partial charge in [-0.25, -0.2) is 9.78 Å². The third-order valence-electron chi connectivity index (χ3n) is 4.79. The van der Waals surface area contributed by atoms with Crippen molar-refractivity contribution < 1.29 is 9.53 Å². The lowest BCUT2D eigenvalue weighted by molar-refractivity contribution is 0.0836. The van der Waals surface area contributed by atoms with Gasteiger partial charge in [-0.15, -0.1) is 0 Å². The Bertz CT molecular complexity index is 929. The number of nitrogens with zero attached hydrogens (tertiary/aromatic N) is 2. The maximum absolute atomic E-state index is 12.9. The van der Waals surface area contributed by atoms with Gasteiger partial charge in [0.05, 0.1) is 6.04 Å². The van der Waals surface area contributed by atoms with Crippen molar-refractivity contribution in [1.29, 1.82) is 0 Å². The fourth-order valence-electron chi connectivity index (χ4n) is 3.47. The number of aromatic nitrogens is 1. The van der Waals surface area contributed by atoms with Gasteiger partial charge in [-0.05, 0) is 34.7 Å². The van der Waals surface area contributed by atoms with E-state index in [0.29, 0.717) is 11.7 Å². The quantitative estimate of drug-likeness (QED) is 0.601. The van der Waals surface area contributed by atoms with Gasteiger partial charge in [-0.3, -0.25) is 4.90 Å². The summed E-state index contributed by atoms with van der Waals surface area (Å²) in [5, 5.41) is 0.432. The van der Waals surface area contributed by atoms with Gasteiger partial charge >= 0.3 is 6.09 Å². The van der Waals surface area contributed by atoms with Crippen molar-refractivity contribution in [2.24, 2.45) is 0 Å². The van der Waals surface area contributed by atoms with Crippen LogP contribution in [0.15, 0.2) is 72.9 Å². The fraction of sp³-hybridized carbons (Fsp3) is 0.182. The average molecular weight is 379 g/mol. The second kappa shape index (κ2) is 7.80. The second-order valence-corrected chi connectivity index (χ2v) is 6.89. The summed E-state index contributed by atoms with van der Waals surface area (Å²) in [5.41, 5.74) is 4.23. The van der Waals surface area contributed by atoms with E-state index in [1.807, 2.05) is 48.5 Å². The van der Waals surface area contributed by atoms with Crippen LogP contribution in [0, 0.1) is 0 Å². The Morgan fingerprint density at radius 3 is 2.63 bits per heavy atom. The van der Waals surface area contributed by atoms with Crippen LogP contribution in [0.25, 0.3) is 0 Å². The molecule has 1 atom stereocenters. The first-order valence-corrected chi connectivity index (χ1v) is 9.27. The molecular weight excluding hydrogens is 360 g/mol. The van der Waals surface area contributed by atoms with Gasteiger partial charge in [0.25, 0.3) is 0 Å². The lowest BCUT2D eigenvalue weighted by atomic mass is 9.89. The van der Waals surface area contributed by atoms with Gasteiger partial charge in [-0.2, -0.15) is 0 Å². The van der Waals surface area contributed by atoms with E-state index in [9.17, 15) is 4.79 Å². The van der Waals surface area contributed by atoms with Crippen LogP contribution in [-0.2, 0) is 17.8 Å². The molecule has 27 heavy (non-hydrogen) atoms. The van der Waals surface area contributed by atoms with Gasteiger partial charge in [0.2, 0.25) is 0 Å². The third-order valence-corrected chi connectivity index (χ3v) is 5.01. The minimum absolute atomic E-state index is 0.233. The number of pyridine rings is 1. The summed E-state index contributed by atoms with van der Waals surface area (Å²) in [5.74, 6) is 0. The van der Waals surface area contributed by atoms with Crippen molar-refractivity contribution in [3.05, 3.63) is 100 Å². The molecule has 136 valence electrons. The average Bonchev–Trinajstić information content (AvgIpc) is 2.72. The first kappa shape index (κ1) is 17.6. The molecule has 0 saturated carbocycles. The van der Waals surface area contributed by atoms with Crippen molar-refractivity contribution in [3.63, 3.8) is 0 Å². The zero-order valence-corrected chi connectivity index (χ0v) is 15.5. The SMILES string of the molecule is O=C(OCc1ccccc1)N1CCc2ccccc2C1c1ccc(Cl)nc1. The highest BCUT2D eigenvalue weighted by Crippen LogP contribution is 2.35. The minimum atomic E-state index is -0.326. The molecule has 0 bridgehead atoms. The van der Waals surface area contributed by atoms with Gasteiger partial charge in [0.1, 0.15) is 11.8 Å². The highest BCUT2D eigenvalue weighted by Gasteiger charge is 2.33. The second-order valence-electron chi connectivity index (χ2n) is 6.50. The Kier molecular flexibility index (Phi) is 5.07. The molecule has 0 radical (unpaired) electrons. The molecule has 5 heteroatoms. The summed E-state index contributed by atoms with van der Waals surface area (Å²) in [6, 6.07) is 21.3. The van der Waals surface area contributed by atoms with Crippen molar-refractivity contribution in [2.75, 3.05) is 6.54 Å².